The normalized spacial score (nSPS) is 12.5. The highest BCUT2D eigenvalue weighted by atomic mass is 79.9. The summed E-state index contributed by atoms with van der Waals surface area (Å²) in [7, 11) is 0. The molecule has 0 aliphatic heterocycles. The predicted octanol–water partition coefficient (Wildman–Crippen LogP) is 5.87. The molecule has 0 aromatic heterocycles. The second-order valence-electron chi connectivity index (χ2n) is 3.69. The predicted molar refractivity (Wildman–Crippen MR) is 76.3 cm³/mol. The summed E-state index contributed by atoms with van der Waals surface area (Å²) in [6.07, 6.45) is 0. The van der Waals surface area contributed by atoms with Gasteiger partial charge in [-0.15, -0.1) is 0 Å². The molecule has 0 bridgehead atoms. The molecule has 0 saturated carbocycles. The van der Waals surface area contributed by atoms with Gasteiger partial charge in [-0.1, -0.05) is 49.5 Å². The van der Waals surface area contributed by atoms with Crippen molar-refractivity contribution in [2.24, 2.45) is 0 Å². The molecule has 1 unspecified atom stereocenters. The van der Waals surface area contributed by atoms with Gasteiger partial charge in [-0.2, -0.15) is 0 Å². The number of benzene rings is 2. The fourth-order valence-corrected chi connectivity index (χ4v) is 3.30. The molecule has 2 aromatic carbocycles. The third-order valence-electron chi connectivity index (χ3n) is 2.47. The molecule has 0 nitrogen and oxygen atoms in total. The topological polar surface area (TPSA) is 0 Å². The zero-order valence-electron chi connectivity index (χ0n) is 8.93. The Labute approximate surface area is 125 Å². The summed E-state index contributed by atoms with van der Waals surface area (Å²) >= 11 is 12.7. The molecule has 0 heterocycles. The standard InChI is InChI=1S/C13H7Br2ClF2/c14-11-4-1-7(16)5-10(11)13(15)9-3-2-8(17)6-12(9)18/h1-6,13H. The minimum atomic E-state index is -0.596. The van der Waals surface area contributed by atoms with Crippen molar-refractivity contribution < 1.29 is 8.78 Å². The highest BCUT2D eigenvalue weighted by Gasteiger charge is 2.18. The van der Waals surface area contributed by atoms with Crippen LogP contribution in [0.4, 0.5) is 8.78 Å². The quantitative estimate of drug-likeness (QED) is 0.558. The van der Waals surface area contributed by atoms with Crippen LogP contribution in [0.3, 0.4) is 0 Å². The number of rotatable bonds is 2. The molecule has 18 heavy (non-hydrogen) atoms. The summed E-state index contributed by atoms with van der Waals surface area (Å²) < 4.78 is 27.4. The Kier molecular flexibility index (Phi) is 4.41. The number of halogens is 5. The average molecular weight is 396 g/mol. The monoisotopic (exact) mass is 394 g/mol. The molecule has 1 atom stereocenters. The van der Waals surface area contributed by atoms with Crippen molar-refractivity contribution in [3.8, 4) is 0 Å². The maximum absolute atomic E-state index is 13.7. The fraction of sp³-hybridized carbons (Fsp3) is 0.0769. The summed E-state index contributed by atoms with van der Waals surface area (Å²) in [5.74, 6) is -1.19. The first kappa shape index (κ1) is 14.0. The highest BCUT2D eigenvalue weighted by Crippen LogP contribution is 2.37. The molecule has 2 rings (SSSR count). The highest BCUT2D eigenvalue weighted by molar-refractivity contribution is 9.11. The van der Waals surface area contributed by atoms with Crippen LogP contribution in [0.1, 0.15) is 16.0 Å². The van der Waals surface area contributed by atoms with E-state index in [4.69, 9.17) is 11.6 Å². The van der Waals surface area contributed by atoms with Crippen LogP contribution in [-0.4, -0.2) is 0 Å². The number of alkyl halides is 1. The molecule has 0 aliphatic rings. The molecule has 0 radical (unpaired) electrons. The second kappa shape index (κ2) is 5.68. The van der Waals surface area contributed by atoms with Gasteiger partial charge in [0.2, 0.25) is 0 Å². The van der Waals surface area contributed by atoms with E-state index in [1.165, 1.54) is 12.1 Å². The van der Waals surface area contributed by atoms with E-state index in [1.54, 1.807) is 18.2 Å². The van der Waals surface area contributed by atoms with Crippen LogP contribution in [0.25, 0.3) is 0 Å². The third kappa shape index (κ3) is 2.92. The van der Waals surface area contributed by atoms with Crippen LogP contribution in [-0.2, 0) is 0 Å². The van der Waals surface area contributed by atoms with Gasteiger partial charge < -0.3 is 0 Å². The molecule has 0 N–H and O–H groups in total. The van der Waals surface area contributed by atoms with Crippen molar-refractivity contribution in [1.29, 1.82) is 0 Å². The molecule has 0 fully saturated rings. The van der Waals surface area contributed by atoms with E-state index in [1.807, 2.05) is 0 Å². The van der Waals surface area contributed by atoms with Gasteiger partial charge in [-0.3, -0.25) is 0 Å². The lowest BCUT2D eigenvalue weighted by atomic mass is 10.0. The second-order valence-corrected chi connectivity index (χ2v) is 5.90. The van der Waals surface area contributed by atoms with Crippen molar-refractivity contribution in [1.82, 2.24) is 0 Å². The maximum atomic E-state index is 13.7. The molecule has 2 aromatic rings. The van der Waals surface area contributed by atoms with E-state index in [0.29, 0.717) is 10.6 Å². The first-order chi connectivity index (χ1) is 8.49. The molecule has 5 heteroatoms. The van der Waals surface area contributed by atoms with E-state index in [2.05, 4.69) is 31.9 Å². The lowest BCUT2D eigenvalue weighted by molar-refractivity contribution is 0.574. The van der Waals surface area contributed by atoms with Crippen LogP contribution >= 0.6 is 43.5 Å². The molecule has 0 amide bonds. The van der Waals surface area contributed by atoms with Crippen LogP contribution in [0.15, 0.2) is 40.9 Å². The molecular weight excluding hydrogens is 389 g/mol. The molecule has 94 valence electrons. The molecule has 0 spiro atoms. The van der Waals surface area contributed by atoms with E-state index < -0.39 is 16.5 Å². The number of hydrogen-bond donors (Lipinski definition) is 0. The third-order valence-corrected chi connectivity index (χ3v) is 4.41. The van der Waals surface area contributed by atoms with Crippen molar-refractivity contribution >= 4 is 43.5 Å². The summed E-state index contributed by atoms with van der Waals surface area (Å²) in [5, 5.41) is 0.556. The van der Waals surface area contributed by atoms with E-state index in [9.17, 15) is 8.78 Å². The average Bonchev–Trinajstić information content (AvgIpc) is 2.31. The SMILES string of the molecule is Fc1ccc(C(Br)c2cc(Cl)ccc2Br)c(F)c1. The summed E-state index contributed by atoms with van der Waals surface area (Å²) in [4.78, 5) is -0.397. The molecule has 0 saturated heterocycles. The minimum absolute atomic E-state index is 0.361. The Morgan fingerprint density at radius 1 is 1.00 bits per heavy atom. The largest absolute Gasteiger partial charge is 0.207 e. The Morgan fingerprint density at radius 3 is 2.39 bits per heavy atom. The zero-order valence-corrected chi connectivity index (χ0v) is 12.9. The molecule has 0 aliphatic carbocycles. The summed E-state index contributed by atoms with van der Waals surface area (Å²) in [6.45, 7) is 0. The lowest BCUT2D eigenvalue weighted by Gasteiger charge is -2.14. The van der Waals surface area contributed by atoms with Gasteiger partial charge >= 0.3 is 0 Å². The van der Waals surface area contributed by atoms with Gasteiger partial charge in [0.25, 0.3) is 0 Å². The van der Waals surface area contributed by atoms with Crippen molar-refractivity contribution in [3.05, 3.63) is 68.7 Å². The van der Waals surface area contributed by atoms with Crippen LogP contribution in [0, 0.1) is 11.6 Å². The van der Waals surface area contributed by atoms with Crippen LogP contribution < -0.4 is 0 Å². The Bertz CT molecular complexity index is 587. The van der Waals surface area contributed by atoms with Crippen molar-refractivity contribution in [3.63, 3.8) is 0 Å². The Morgan fingerprint density at radius 2 is 1.72 bits per heavy atom. The Hall–Kier alpha value is -0.450. The molecular formula is C13H7Br2ClF2. The van der Waals surface area contributed by atoms with Crippen molar-refractivity contribution in [2.45, 2.75) is 4.83 Å². The van der Waals surface area contributed by atoms with Crippen LogP contribution in [0.2, 0.25) is 5.02 Å². The van der Waals surface area contributed by atoms with E-state index >= 15 is 0 Å². The Balaban J connectivity index is 2.47. The number of hydrogen-bond acceptors (Lipinski definition) is 0. The van der Waals surface area contributed by atoms with Gasteiger partial charge in [-0.25, -0.2) is 8.78 Å². The lowest BCUT2D eigenvalue weighted by Crippen LogP contribution is -1.98. The van der Waals surface area contributed by atoms with Gasteiger partial charge in [0.15, 0.2) is 0 Å². The van der Waals surface area contributed by atoms with E-state index in [0.717, 1.165) is 16.1 Å². The maximum Gasteiger partial charge on any atom is 0.130 e. The smallest absolute Gasteiger partial charge is 0.130 e. The zero-order chi connectivity index (χ0) is 13.3. The minimum Gasteiger partial charge on any atom is -0.207 e. The van der Waals surface area contributed by atoms with Gasteiger partial charge in [0, 0.05) is 21.1 Å². The van der Waals surface area contributed by atoms with Crippen molar-refractivity contribution in [2.75, 3.05) is 0 Å². The van der Waals surface area contributed by atoms with Crippen LogP contribution in [0.5, 0.6) is 0 Å². The van der Waals surface area contributed by atoms with Gasteiger partial charge in [0.1, 0.15) is 11.6 Å². The van der Waals surface area contributed by atoms with Gasteiger partial charge in [-0.05, 0) is 29.8 Å². The van der Waals surface area contributed by atoms with Gasteiger partial charge in [0.05, 0.1) is 4.83 Å². The first-order valence-corrected chi connectivity index (χ1v) is 7.11. The van der Waals surface area contributed by atoms with E-state index in [-0.39, 0.29) is 0 Å². The first-order valence-electron chi connectivity index (χ1n) is 5.03. The fourth-order valence-electron chi connectivity index (χ4n) is 1.58. The summed E-state index contributed by atoms with van der Waals surface area (Å²) in [5.41, 5.74) is 1.15. The summed E-state index contributed by atoms with van der Waals surface area (Å²) in [6, 6.07) is 8.75.